The predicted molar refractivity (Wildman–Crippen MR) is 99.4 cm³/mol. The Labute approximate surface area is 157 Å². The molecule has 0 fully saturated rings. The van der Waals surface area contributed by atoms with Gasteiger partial charge < -0.3 is 14.2 Å². The Morgan fingerprint density at radius 1 is 1.00 bits per heavy atom. The number of hydrogen-bond acceptors (Lipinski definition) is 7. The fourth-order valence-electron chi connectivity index (χ4n) is 2.36. The van der Waals surface area contributed by atoms with Gasteiger partial charge in [0.15, 0.2) is 0 Å². The first kappa shape index (κ1) is 20.2. The highest BCUT2D eigenvalue weighted by molar-refractivity contribution is 7.95. The molecular formula is C18H19NO7S. The van der Waals surface area contributed by atoms with Gasteiger partial charge in [0, 0.05) is 18.2 Å². The highest BCUT2D eigenvalue weighted by atomic mass is 32.2. The van der Waals surface area contributed by atoms with Crippen molar-refractivity contribution in [3.8, 4) is 17.2 Å². The third-order valence-electron chi connectivity index (χ3n) is 3.81. The lowest BCUT2D eigenvalue weighted by molar-refractivity contribution is -0.410. The molecule has 8 nitrogen and oxygen atoms in total. The molecule has 2 aromatic rings. The summed E-state index contributed by atoms with van der Waals surface area (Å²) in [4.78, 5) is 10.4. The van der Waals surface area contributed by atoms with E-state index < -0.39 is 19.8 Å². The van der Waals surface area contributed by atoms with Gasteiger partial charge in [-0.25, -0.2) is 8.42 Å². The molecule has 0 aliphatic carbocycles. The first-order valence-corrected chi connectivity index (χ1v) is 9.20. The summed E-state index contributed by atoms with van der Waals surface area (Å²) in [5.74, 6) is 0.735. The molecule has 2 aromatic carbocycles. The molecule has 0 aliphatic rings. The number of benzene rings is 2. The van der Waals surface area contributed by atoms with Crippen LogP contribution in [0.1, 0.15) is 11.1 Å². The molecule has 2 rings (SSSR count). The zero-order chi connectivity index (χ0) is 20.2. The van der Waals surface area contributed by atoms with Crippen LogP contribution >= 0.6 is 0 Å². The van der Waals surface area contributed by atoms with Gasteiger partial charge in [0.1, 0.15) is 17.2 Å². The summed E-state index contributed by atoms with van der Waals surface area (Å²) in [6.07, 6.45) is 0.923. The van der Waals surface area contributed by atoms with Crippen molar-refractivity contribution >= 4 is 15.9 Å². The topological polar surface area (TPSA) is 105 Å². The van der Waals surface area contributed by atoms with Crippen LogP contribution < -0.4 is 14.2 Å². The van der Waals surface area contributed by atoms with Crippen LogP contribution in [-0.2, 0) is 9.84 Å². The molecule has 144 valence electrons. The van der Waals surface area contributed by atoms with Crippen LogP contribution in [0.25, 0.3) is 6.08 Å². The Morgan fingerprint density at radius 2 is 1.52 bits per heavy atom. The van der Waals surface area contributed by atoms with E-state index in [1.165, 1.54) is 45.6 Å². The number of methoxy groups -OCH3 is 3. The minimum absolute atomic E-state index is 0.114. The molecule has 0 saturated heterocycles. The minimum Gasteiger partial charge on any atom is -0.496 e. The molecule has 0 unspecified atom stereocenters. The molecule has 0 spiro atoms. The van der Waals surface area contributed by atoms with Crippen LogP contribution in [0, 0.1) is 17.0 Å². The van der Waals surface area contributed by atoms with Crippen molar-refractivity contribution in [3.63, 3.8) is 0 Å². The maximum atomic E-state index is 12.8. The zero-order valence-corrected chi connectivity index (χ0v) is 16.1. The molecule has 9 heteroatoms. The lowest BCUT2D eigenvalue weighted by Crippen LogP contribution is -2.13. The maximum Gasteiger partial charge on any atom is 0.364 e. The number of sulfone groups is 1. The van der Waals surface area contributed by atoms with Crippen LogP contribution in [-0.4, -0.2) is 34.7 Å². The number of rotatable bonds is 7. The molecule has 0 amide bonds. The average Bonchev–Trinajstić information content (AvgIpc) is 2.65. The molecule has 0 N–H and O–H groups in total. The number of hydrogen-bond donors (Lipinski definition) is 0. The summed E-state index contributed by atoms with van der Waals surface area (Å²) in [7, 11) is -0.217. The van der Waals surface area contributed by atoms with Crippen molar-refractivity contribution in [2.75, 3.05) is 21.3 Å². The van der Waals surface area contributed by atoms with Gasteiger partial charge in [-0.15, -0.1) is 0 Å². The second-order valence-corrected chi connectivity index (χ2v) is 7.40. The fraction of sp³-hybridized carbons (Fsp3) is 0.222. The Morgan fingerprint density at radius 3 is 1.93 bits per heavy atom. The third kappa shape index (κ3) is 4.20. The largest absolute Gasteiger partial charge is 0.496 e. The van der Waals surface area contributed by atoms with E-state index in [1.807, 2.05) is 0 Å². The Bertz CT molecular complexity index is 954. The molecule has 0 aliphatic heterocycles. The number of ether oxygens (including phenoxy) is 3. The van der Waals surface area contributed by atoms with Gasteiger partial charge in [-0.1, -0.05) is 17.7 Å². The highest BCUT2D eigenvalue weighted by Crippen LogP contribution is 2.37. The molecular weight excluding hydrogens is 374 g/mol. The standard InChI is InChI=1S/C18H19NO7S/c1-12-5-7-14(8-6-12)27(22,23)18(19(20)21)11-15-16(25-3)9-13(24-2)10-17(15)26-4/h5-11H,1-4H3/b18-11-. The number of nitrogens with zero attached hydrogens (tertiary/aromatic N) is 1. The molecule has 0 bridgehead atoms. The van der Waals surface area contributed by atoms with Crippen LogP contribution in [0.4, 0.5) is 0 Å². The van der Waals surface area contributed by atoms with Crippen LogP contribution in [0.15, 0.2) is 46.3 Å². The molecule has 0 heterocycles. The second-order valence-electron chi connectivity index (χ2n) is 5.50. The lowest BCUT2D eigenvalue weighted by atomic mass is 10.1. The summed E-state index contributed by atoms with van der Waals surface area (Å²) in [6.45, 7) is 1.79. The van der Waals surface area contributed by atoms with E-state index in [9.17, 15) is 18.5 Å². The van der Waals surface area contributed by atoms with Crippen molar-refractivity contribution in [2.45, 2.75) is 11.8 Å². The van der Waals surface area contributed by atoms with Gasteiger partial charge in [-0.05, 0) is 19.1 Å². The molecule has 0 radical (unpaired) electrons. The highest BCUT2D eigenvalue weighted by Gasteiger charge is 2.32. The Balaban J connectivity index is 2.72. The van der Waals surface area contributed by atoms with Gasteiger partial charge in [0.25, 0.3) is 9.84 Å². The van der Waals surface area contributed by atoms with Gasteiger partial charge in [-0.3, -0.25) is 10.1 Å². The van der Waals surface area contributed by atoms with E-state index in [1.54, 1.807) is 19.1 Å². The second kappa shape index (κ2) is 8.09. The van der Waals surface area contributed by atoms with E-state index in [4.69, 9.17) is 14.2 Å². The Kier molecular flexibility index (Phi) is 6.06. The van der Waals surface area contributed by atoms with Crippen molar-refractivity contribution in [1.82, 2.24) is 0 Å². The van der Waals surface area contributed by atoms with Crippen LogP contribution in [0.2, 0.25) is 0 Å². The van der Waals surface area contributed by atoms with Gasteiger partial charge in [-0.2, -0.15) is 0 Å². The predicted octanol–water partition coefficient (Wildman–Crippen LogP) is 3.07. The van der Waals surface area contributed by atoms with E-state index in [0.717, 1.165) is 11.6 Å². The molecule has 0 saturated carbocycles. The summed E-state index contributed by atoms with van der Waals surface area (Å²) in [6, 6.07) is 8.74. The number of aryl methyl sites for hydroxylation is 1. The van der Waals surface area contributed by atoms with Crippen molar-refractivity contribution in [2.24, 2.45) is 0 Å². The average molecular weight is 393 g/mol. The number of nitro groups is 1. The summed E-state index contributed by atoms with van der Waals surface area (Å²) in [5, 5.41) is 10.6. The van der Waals surface area contributed by atoms with E-state index in [0.29, 0.717) is 5.75 Å². The first-order valence-electron chi connectivity index (χ1n) is 7.72. The summed E-state index contributed by atoms with van der Waals surface area (Å²) in [5.41, 5.74) is 0.947. The molecule has 0 atom stereocenters. The van der Waals surface area contributed by atoms with Crippen LogP contribution in [0.3, 0.4) is 0 Å². The molecule has 27 heavy (non-hydrogen) atoms. The van der Waals surface area contributed by atoms with Crippen molar-refractivity contribution in [3.05, 3.63) is 62.7 Å². The lowest BCUT2D eigenvalue weighted by Gasteiger charge is -2.12. The van der Waals surface area contributed by atoms with Crippen LogP contribution in [0.5, 0.6) is 17.2 Å². The third-order valence-corrected chi connectivity index (χ3v) is 5.52. The summed E-state index contributed by atoms with van der Waals surface area (Å²) >= 11 is 0. The maximum absolute atomic E-state index is 12.8. The van der Waals surface area contributed by atoms with E-state index >= 15 is 0 Å². The van der Waals surface area contributed by atoms with Crippen molar-refractivity contribution < 1.29 is 27.6 Å². The smallest absolute Gasteiger partial charge is 0.364 e. The zero-order valence-electron chi connectivity index (χ0n) is 15.3. The monoisotopic (exact) mass is 393 g/mol. The SMILES string of the molecule is COc1cc(OC)c(/C=C(/[N+](=O)[O-])S(=O)(=O)c2ccc(C)cc2)c(OC)c1. The van der Waals surface area contributed by atoms with E-state index in [2.05, 4.69) is 0 Å². The van der Waals surface area contributed by atoms with E-state index in [-0.39, 0.29) is 22.0 Å². The fourth-order valence-corrected chi connectivity index (χ4v) is 3.57. The summed E-state index contributed by atoms with van der Waals surface area (Å²) < 4.78 is 41.2. The van der Waals surface area contributed by atoms with Gasteiger partial charge >= 0.3 is 5.03 Å². The molecule has 0 aromatic heterocycles. The normalized spacial score (nSPS) is 11.8. The Hall–Kier alpha value is -3.07. The van der Waals surface area contributed by atoms with Crippen molar-refractivity contribution in [1.29, 1.82) is 0 Å². The minimum atomic E-state index is -4.36. The quantitative estimate of drug-likeness (QED) is 0.526. The van der Waals surface area contributed by atoms with Gasteiger partial charge in [0.2, 0.25) is 0 Å². The first-order chi connectivity index (χ1) is 12.7. The van der Waals surface area contributed by atoms with Gasteiger partial charge in [0.05, 0.1) is 36.7 Å².